The van der Waals surface area contributed by atoms with E-state index in [1.165, 1.54) is 0 Å². The average Bonchev–Trinajstić information content (AvgIpc) is 3.49. The van der Waals surface area contributed by atoms with Gasteiger partial charge in [0.05, 0.1) is 5.41 Å². The molecule has 1 aliphatic carbocycles. The molecule has 1 N–H and O–H groups in total. The van der Waals surface area contributed by atoms with Gasteiger partial charge in [0, 0.05) is 11.1 Å². The van der Waals surface area contributed by atoms with Crippen LogP contribution in [0.2, 0.25) is 0 Å². The predicted molar refractivity (Wildman–Crippen MR) is 134 cm³/mol. The molecule has 4 nitrogen and oxygen atoms in total. The fourth-order valence-corrected chi connectivity index (χ4v) is 5.34. The molecule has 4 heteroatoms. The van der Waals surface area contributed by atoms with E-state index in [9.17, 15) is 9.90 Å². The molecule has 1 aromatic heterocycles. The number of para-hydroxylation sites is 2. The summed E-state index contributed by atoms with van der Waals surface area (Å²) in [7, 11) is 0. The van der Waals surface area contributed by atoms with Gasteiger partial charge in [0.2, 0.25) is 0 Å². The first-order valence-corrected chi connectivity index (χ1v) is 11.5. The summed E-state index contributed by atoms with van der Waals surface area (Å²) >= 11 is 0. The van der Waals surface area contributed by atoms with Crippen molar-refractivity contribution in [2.24, 2.45) is 0 Å². The number of fused-ring (bicyclic) bond motifs is 3. The molecule has 0 atom stereocenters. The maximum Gasteiger partial charge on any atom is 0.185 e. The lowest BCUT2D eigenvalue weighted by Gasteiger charge is -2.35. The Morgan fingerprint density at radius 3 is 1.89 bits per heavy atom. The maximum absolute atomic E-state index is 11.2. The number of aromatic hydroxyl groups is 1. The highest BCUT2D eigenvalue weighted by molar-refractivity contribution is 5.87. The summed E-state index contributed by atoms with van der Waals surface area (Å²) < 4.78 is 11.8. The minimum absolute atomic E-state index is 0.172. The van der Waals surface area contributed by atoms with E-state index in [2.05, 4.69) is 30.3 Å². The van der Waals surface area contributed by atoms with Gasteiger partial charge in [-0.3, -0.25) is 4.79 Å². The third kappa shape index (κ3) is 3.18. The van der Waals surface area contributed by atoms with Gasteiger partial charge in [-0.2, -0.15) is 0 Å². The predicted octanol–water partition coefficient (Wildman–Crippen LogP) is 6.74. The Morgan fingerprint density at radius 2 is 1.26 bits per heavy atom. The van der Waals surface area contributed by atoms with Crippen LogP contribution < -0.4 is 4.74 Å². The van der Waals surface area contributed by atoms with Crippen molar-refractivity contribution in [2.75, 3.05) is 0 Å². The molecule has 0 spiro atoms. The van der Waals surface area contributed by atoms with E-state index in [1.807, 2.05) is 60.7 Å². The van der Waals surface area contributed by atoms with Gasteiger partial charge >= 0.3 is 0 Å². The summed E-state index contributed by atoms with van der Waals surface area (Å²) in [5.74, 6) is 1.72. The van der Waals surface area contributed by atoms with Crippen molar-refractivity contribution >= 4 is 6.29 Å². The molecule has 6 rings (SSSR count). The number of carbonyl (C=O) groups excluding carboxylic acids is 1. The topological polar surface area (TPSA) is 59.7 Å². The van der Waals surface area contributed by atoms with Gasteiger partial charge in [0.25, 0.3) is 0 Å². The van der Waals surface area contributed by atoms with E-state index in [0.29, 0.717) is 17.8 Å². The lowest BCUT2D eigenvalue weighted by molar-refractivity contribution is 0.109. The third-order valence-electron chi connectivity index (χ3n) is 6.72. The fourth-order valence-electron chi connectivity index (χ4n) is 5.34. The molecule has 0 saturated heterocycles. The largest absolute Gasteiger partial charge is 0.508 e. The van der Waals surface area contributed by atoms with Crippen molar-refractivity contribution in [2.45, 2.75) is 12.0 Å². The number of phenols is 1. The van der Waals surface area contributed by atoms with Gasteiger partial charge in [0.1, 0.15) is 23.9 Å². The molecular formula is C31H22O4. The van der Waals surface area contributed by atoms with Crippen molar-refractivity contribution in [3.8, 4) is 22.6 Å². The van der Waals surface area contributed by atoms with Crippen LogP contribution in [0.5, 0.6) is 11.5 Å². The fraction of sp³-hybridized carbons (Fsp3) is 0.0645. The van der Waals surface area contributed by atoms with Crippen LogP contribution in [0.3, 0.4) is 0 Å². The van der Waals surface area contributed by atoms with Crippen LogP contribution in [-0.2, 0) is 12.0 Å². The molecule has 0 amide bonds. The number of ether oxygens (including phenoxy) is 1. The molecule has 1 aliphatic rings. The number of aldehydes is 1. The Kier molecular flexibility index (Phi) is 5.00. The second kappa shape index (κ2) is 8.33. The number of hydrogen-bond acceptors (Lipinski definition) is 4. The molecule has 0 saturated carbocycles. The minimum Gasteiger partial charge on any atom is -0.508 e. The molecule has 5 aromatic rings. The zero-order valence-electron chi connectivity index (χ0n) is 18.8. The second-order valence-corrected chi connectivity index (χ2v) is 8.57. The average molecular weight is 459 g/mol. The first kappa shape index (κ1) is 21.0. The van der Waals surface area contributed by atoms with E-state index >= 15 is 0 Å². The lowest BCUT2D eigenvalue weighted by Crippen LogP contribution is -2.29. The van der Waals surface area contributed by atoms with E-state index in [0.717, 1.165) is 33.4 Å². The molecule has 35 heavy (non-hydrogen) atoms. The monoisotopic (exact) mass is 458 g/mol. The highest BCUT2D eigenvalue weighted by Crippen LogP contribution is 2.59. The summed E-state index contributed by atoms with van der Waals surface area (Å²) in [6.07, 6.45) is 0.678. The highest BCUT2D eigenvalue weighted by Gasteiger charge is 2.48. The molecule has 4 aromatic carbocycles. The smallest absolute Gasteiger partial charge is 0.185 e. The normalized spacial score (nSPS) is 13.1. The van der Waals surface area contributed by atoms with E-state index in [-0.39, 0.29) is 18.1 Å². The summed E-state index contributed by atoms with van der Waals surface area (Å²) in [5.41, 5.74) is 5.34. The highest BCUT2D eigenvalue weighted by atomic mass is 16.5. The number of carbonyl (C=O) groups is 1. The molecule has 0 unspecified atom stereocenters. The number of hydrogen-bond donors (Lipinski definition) is 1. The number of rotatable bonds is 6. The quantitative estimate of drug-likeness (QED) is 0.281. The maximum atomic E-state index is 11.2. The first-order valence-electron chi connectivity index (χ1n) is 11.5. The lowest BCUT2D eigenvalue weighted by atomic mass is 9.67. The Labute approximate surface area is 203 Å². The first-order chi connectivity index (χ1) is 17.2. The van der Waals surface area contributed by atoms with Crippen LogP contribution in [0, 0.1) is 0 Å². The second-order valence-electron chi connectivity index (χ2n) is 8.57. The van der Waals surface area contributed by atoms with Crippen LogP contribution >= 0.6 is 0 Å². The molecule has 0 bridgehead atoms. The third-order valence-corrected chi connectivity index (χ3v) is 6.72. The Bertz CT molecular complexity index is 1500. The van der Waals surface area contributed by atoms with Crippen LogP contribution in [0.25, 0.3) is 11.1 Å². The Hall–Kier alpha value is -4.57. The molecule has 1 heterocycles. The van der Waals surface area contributed by atoms with Gasteiger partial charge in [-0.05, 0) is 46.5 Å². The zero-order valence-corrected chi connectivity index (χ0v) is 18.8. The number of benzene rings is 4. The Morgan fingerprint density at radius 1 is 0.686 bits per heavy atom. The molecule has 0 fully saturated rings. The summed E-state index contributed by atoms with van der Waals surface area (Å²) in [4.78, 5) is 11.0. The van der Waals surface area contributed by atoms with Crippen molar-refractivity contribution < 1.29 is 19.1 Å². The van der Waals surface area contributed by atoms with Crippen LogP contribution in [-0.4, -0.2) is 11.4 Å². The van der Waals surface area contributed by atoms with Crippen molar-refractivity contribution in [1.29, 1.82) is 0 Å². The van der Waals surface area contributed by atoms with Crippen LogP contribution in [0.1, 0.15) is 38.6 Å². The SMILES string of the molecule is O=Cc1ccc(COc2ccccc2C2(c3ccccc3O)c3ccccc3-c3ccccc32)o1. The summed E-state index contributed by atoms with van der Waals surface area (Å²) in [5, 5.41) is 11.2. The van der Waals surface area contributed by atoms with Crippen molar-refractivity contribution in [3.05, 3.63) is 143 Å². The standard InChI is InChI=1S/C31H22O4/c32-19-21-17-18-22(35-21)20-34-30-16-8-6-14-28(30)31(27-13-5-7-15-29(27)33)25-11-3-1-9-23(25)24-10-2-4-12-26(24)31/h1-19,33H,20H2. The summed E-state index contributed by atoms with van der Waals surface area (Å²) in [6.45, 7) is 0.172. The molecule has 0 radical (unpaired) electrons. The van der Waals surface area contributed by atoms with E-state index in [4.69, 9.17) is 9.15 Å². The van der Waals surface area contributed by atoms with E-state index in [1.54, 1.807) is 18.2 Å². The Balaban J connectivity index is 1.61. The number of furan rings is 1. The van der Waals surface area contributed by atoms with Crippen LogP contribution in [0.15, 0.2) is 114 Å². The van der Waals surface area contributed by atoms with Gasteiger partial charge in [-0.15, -0.1) is 0 Å². The molecule has 0 aliphatic heterocycles. The molecular weight excluding hydrogens is 436 g/mol. The number of phenolic OH excluding ortho intramolecular Hbond substituents is 1. The molecule has 170 valence electrons. The summed E-state index contributed by atoms with van der Waals surface area (Å²) in [6, 6.07) is 35.4. The van der Waals surface area contributed by atoms with Gasteiger partial charge in [-0.1, -0.05) is 84.9 Å². The van der Waals surface area contributed by atoms with Gasteiger partial charge in [0.15, 0.2) is 12.0 Å². The van der Waals surface area contributed by atoms with E-state index < -0.39 is 5.41 Å². The van der Waals surface area contributed by atoms with Crippen molar-refractivity contribution in [1.82, 2.24) is 0 Å². The van der Waals surface area contributed by atoms with Gasteiger partial charge < -0.3 is 14.3 Å². The zero-order chi connectivity index (χ0) is 23.8. The van der Waals surface area contributed by atoms with Crippen molar-refractivity contribution in [3.63, 3.8) is 0 Å². The minimum atomic E-state index is -0.785. The van der Waals surface area contributed by atoms with Crippen LogP contribution in [0.4, 0.5) is 0 Å². The van der Waals surface area contributed by atoms with Gasteiger partial charge in [-0.25, -0.2) is 0 Å².